The fourth-order valence-corrected chi connectivity index (χ4v) is 2.01. The topological polar surface area (TPSA) is 26.3 Å². The van der Waals surface area contributed by atoms with Crippen LogP contribution in [-0.2, 0) is 9.53 Å². The molecule has 0 saturated carbocycles. The summed E-state index contributed by atoms with van der Waals surface area (Å²) >= 11 is 0. The molecule has 0 amide bonds. The Bertz CT molecular complexity index is 178. The zero-order chi connectivity index (χ0) is 12.9. The van der Waals surface area contributed by atoms with Crippen LogP contribution >= 0.6 is 0 Å². The van der Waals surface area contributed by atoms with Crippen LogP contribution in [0.3, 0.4) is 0 Å². The highest BCUT2D eigenvalue weighted by Gasteiger charge is 2.16. The molecule has 1 atom stereocenters. The SMILES string of the molecule is CCCCCCCCOC(=O)C(CC)CCC. The standard InChI is InChI=1S/C15H30O2/c1-4-7-8-9-10-11-13-17-15(16)14(6-3)12-5-2/h14H,4-13H2,1-3H3. The summed E-state index contributed by atoms with van der Waals surface area (Å²) in [5, 5.41) is 0. The largest absolute Gasteiger partial charge is 0.465 e. The highest BCUT2D eigenvalue weighted by molar-refractivity contribution is 5.72. The van der Waals surface area contributed by atoms with Crippen molar-refractivity contribution >= 4 is 5.97 Å². The van der Waals surface area contributed by atoms with Crippen molar-refractivity contribution in [3.63, 3.8) is 0 Å². The molecule has 0 rings (SSSR count). The van der Waals surface area contributed by atoms with Crippen molar-refractivity contribution in [1.29, 1.82) is 0 Å². The zero-order valence-electron chi connectivity index (χ0n) is 12.0. The number of ether oxygens (including phenoxy) is 1. The maximum atomic E-state index is 11.7. The Morgan fingerprint density at radius 2 is 1.59 bits per heavy atom. The first-order valence-corrected chi connectivity index (χ1v) is 7.42. The molecular weight excluding hydrogens is 212 g/mol. The lowest BCUT2D eigenvalue weighted by atomic mass is 10.0. The molecule has 2 nitrogen and oxygen atoms in total. The van der Waals surface area contributed by atoms with Crippen LogP contribution in [0.15, 0.2) is 0 Å². The summed E-state index contributed by atoms with van der Waals surface area (Å²) in [5.41, 5.74) is 0. The Morgan fingerprint density at radius 1 is 0.941 bits per heavy atom. The summed E-state index contributed by atoms with van der Waals surface area (Å²) in [6.07, 6.45) is 10.4. The number of carbonyl (C=O) groups is 1. The van der Waals surface area contributed by atoms with Crippen LogP contribution in [0.4, 0.5) is 0 Å². The summed E-state index contributed by atoms with van der Waals surface area (Å²) in [6.45, 7) is 7.02. The molecule has 2 heteroatoms. The van der Waals surface area contributed by atoms with Gasteiger partial charge in [0.2, 0.25) is 0 Å². The average molecular weight is 242 g/mol. The highest BCUT2D eigenvalue weighted by atomic mass is 16.5. The molecule has 0 saturated heterocycles. The van der Waals surface area contributed by atoms with Crippen LogP contribution in [0.25, 0.3) is 0 Å². The summed E-state index contributed by atoms with van der Waals surface area (Å²) in [5.74, 6) is 0.142. The Balaban J connectivity index is 3.43. The molecule has 0 aliphatic rings. The second-order valence-corrected chi connectivity index (χ2v) is 4.83. The van der Waals surface area contributed by atoms with E-state index in [-0.39, 0.29) is 11.9 Å². The van der Waals surface area contributed by atoms with Crippen molar-refractivity contribution in [1.82, 2.24) is 0 Å². The van der Waals surface area contributed by atoms with Gasteiger partial charge in [-0.25, -0.2) is 0 Å². The number of carbonyl (C=O) groups excluding carboxylic acids is 1. The number of hydrogen-bond donors (Lipinski definition) is 0. The molecule has 0 heterocycles. The van der Waals surface area contributed by atoms with Crippen LogP contribution in [0.2, 0.25) is 0 Å². The Kier molecular flexibility index (Phi) is 11.6. The van der Waals surface area contributed by atoms with Crippen LogP contribution in [0.5, 0.6) is 0 Å². The Labute approximate surface area is 107 Å². The molecule has 0 aliphatic carbocycles. The van der Waals surface area contributed by atoms with Gasteiger partial charge < -0.3 is 4.74 Å². The van der Waals surface area contributed by atoms with E-state index in [1.54, 1.807) is 0 Å². The van der Waals surface area contributed by atoms with Gasteiger partial charge in [0.1, 0.15) is 0 Å². The first-order chi connectivity index (χ1) is 8.26. The summed E-state index contributed by atoms with van der Waals surface area (Å²) in [7, 11) is 0. The van der Waals surface area contributed by atoms with Gasteiger partial charge in [0, 0.05) is 0 Å². The van der Waals surface area contributed by atoms with Crippen molar-refractivity contribution in [3.8, 4) is 0 Å². The fraction of sp³-hybridized carbons (Fsp3) is 0.933. The van der Waals surface area contributed by atoms with E-state index in [0.29, 0.717) is 6.61 Å². The van der Waals surface area contributed by atoms with Gasteiger partial charge in [-0.2, -0.15) is 0 Å². The van der Waals surface area contributed by atoms with Crippen molar-refractivity contribution < 1.29 is 9.53 Å². The van der Waals surface area contributed by atoms with Crippen molar-refractivity contribution in [3.05, 3.63) is 0 Å². The van der Waals surface area contributed by atoms with Gasteiger partial charge >= 0.3 is 5.97 Å². The first kappa shape index (κ1) is 16.5. The first-order valence-electron chi connectivity index (χ1n) is 7.42. The van der Waals surface area contributed by atoms with Gasteiger partial charge in [-0.1, -0.05) is 59.3 Å². The van der Waals surface area contributed by atoms with Crippen molar-refractivity contribution in [2.75, 3.05) is 6.61 Å². The molecule has 0 aromatic heterocycles. The monoisotopic (exact) mass is 242 g/mol. The predicted molar refractivity (Wildman–Crippen MR) is 73.0 cm³/mol. The van der Waals surface area contributed by atoms with Crippen LogP contribution in [-0.4, -0.2) is 12.6 Å². The summed E-state index contributed by atoms with van der Waals surface area (Å²) < 4.78 is 5.32. The Morgan fingerprint density at radius 3 is 2.18 bits per heavy atom. The number of rotatable bonds is 11. The molecule has 0 bridgehead atoms. The van der Waals surface area contributed by atoms with E-state index in [4.69, 9.17) is 4.74 Å². The number of hydrogen-bond acceptors (Lipinski definition) is 2. The van der Waals surface area contributed by atoms with E-state index >= 15 is 0 Å². The van der Waals surface area contributed by atoms with Crippen molar-refractivity contribution in [2.45, 2.75) is 78.6 Å². The van der Waals surface area contributed by atoms with E-state index in [0.717, 1.165) is 25.7 Å². The van der Waals surface area contributed by atoms with Gasteiger partial charge in [-0.05, 0) is 19.3 Å². The maximum absolute atomic E-state index is 11.7. The minimum absolute atomic E-state index is 0.0166. The molecular formula is C15H30O2. The van der Waals surface area contributed by atoms with Crippen molar-refractivity contribution in [2.24, 2.45) is 5.92 Å². The van der Waals surface area contributed by atoms with Gasteiger partial charge in [-0.15, -0.1) is 0 Å². The minimum atomic E-state index is 0.0166. The highest BCUT2D eigenvalue weighted by Crippen LogP contribution is 2.13. The molecule has 0 aromatic rings. The van der Waals surface area contributed by atoms with Crippen LogP contribution < -0.4 is 0 Å². The molecule has 17 heavy (non-hydrogen) atoms. The van der Waals surface area contributed by atoms with E-state index < -0.39 is 0 Å². The fourth-order valence-electron chi connectivity index (χ4n) is 2.01. The third kappa shape index (κ3) is 9.20. The molecule has 0 aromatic carbocycles. The van der Waals surface area contributed by atoms with Crippen LogP contribution in [0.1, 0.15) is 78.6 Å². The normalized spacial score (nSPS) is 12.4. The molecule has 0 fully saturated rings. The third-order valence-electron chi connectivity index (χ3n) is 3.21. The molecule has 0 radical (unpaired) electrons. The predicted octanol–water partition coefficient (Wildman–Crippen LogP) is 4.72. The van der Waals surface area contributed by atoms with Crippen LogP contribution in [0, 0.1) is 5.92 Å². The smallest absolute Gasteiger partial charge is 0.308 e. The zero-order valence-corrected chi connectivity index (χ0v) is 12.0. The van der Waals surface area contributed by atoms with Gasteiger partial charge in [-0.3, -0.25) is 4.79 Å². The molecule has 102 valence electrons. The average Bonchev–Trinajstić information content (AvgIpc) is 2.34. The summed E-state index contributed by atoms with van der Waals surface area (Å²) in [4.78, 5) is 11.7. The minimum Gasteiger partial charge on any atom is -0.465 e. The Hall–Kier alpha value is -0.530. The lowest BCUT2D eigenvalue weighted by molar-refractivity contribution is -0.149. The van der Waals surface area contributed by atoms with Gasteiger partial charge in [0.05, 0.1) is 12.5 Å². The lowest BCUT2D eigenvalue weighted by Crippen LogP contribution is -2.17. The maximum Gasteiger partial charge on any atom is 0.308 e. The lowest BCUT2D eigenvalue weighted by Gasteiger charge is -2.12. The van der Waals surface area contributed by atoms with Gasteiger partial charge in [0.25, 0.3) is 0 Å². The quantitative estimate of drug-likeness (QED) is 0.387. The van der Waals surface area contributed by atoms with Gasteiger partial charge in [0.15, 0.2) is 0 Å². The number of unbranched alkanes of at least 4 members (excludes halogenated alkanes) is 5. The second-order valence-electron chi connectivity index (χ2n) is 4.83. The number of esters is 1. The van der Waals surface area contributed by atoms with E-state index in [9.17, 15) is 4.79 Å². The van der Waals surface area contributed by atoms with E-state index in [1.165, 1.54) is 32.1 Å². The van der Waals surface area contributed by atoms with E-state index in [1.807, 2.05) is 0 Å². The second kappa shape index (κ2) is 11.9. The molecule has 0 aliphatic heterocycles. The summed E-state index contributed by atoms with van der Waals surface area (Å²) in [6, 6.07) is 0. The molecule has 0 N–H and O–H groups in total. The third-order valence-corrected chi connectivity index (χ3v) is 3.21. The molecule has 1 unspecified atom stereocenters. The van der Waals surface area contributed by atoms with E-state index in [2.05, 4.69) is 20.8 Å². The molecule has 0 spiro atoms.